The smallest absolute Gasteiger partial charge is 0.303 e. The van der Waals surface area contributed by atoms with Gasteiger partial charge < -0.3 is 10.0 Å². The lowest BCUT2D eigenvalue weighted by Crippen LogP contribution is -2.28. The van der Waals surface area contributed by atoms with Crippen LogP contribution in [0.4, 0.5) is 0 Å². The van der Waals surface area contributed by atoms with Crippen LogP contribution < -0.4 is 0 Å². The molecule has 1 N–H and O–H groups in total. The second-order valence-corrected chi connectivity index (χ2v) is 5.05. The van der Waals surface area contributed by atoms with Crippen molar-refractivity contribution >= 4 is 5.97 Å². The Morgan fingerprint density at radius 3 is 2.67 bits per heavy atom. The third-order valence-corrected chi connectivity index (χ3v) is 3.29. The molecule has 1 aliphatic rings. The molecule has 88 valence electrons. The first-order valence-corrected chi connectivity index (χ1v) is 5.98. The molecule has 0 amide bonds. The van der Waals surface area contributed by atoms with Gasteiger partial charge in [-0.1, -0.05) is 26.2 Å². The van der Waals surface area contributed by atoms with Gasteiger partial charge in [0.1, 0.15) is 0 Å². The lowest BCUT2D eigenvalue weighted by molar-refractivity contribution is -0.138. The molecule has 1 saturated carbocycles. The van der Waals surface area contributed by atoms with Crippen LogP contribution in [0.2, 0.25) is 0 Å². The number of carboxylic acid groups (broad SMARTS) is 1. The van der Waals surface area contributed by atoms with E-state index in [0.717, 1.165) is 19.0 Å². The zero-order valence-electron chi connectivity index (χ0n) is 9.91. The predicted molar refractivity (Wildman–Crippen MR) is 60.9 cm³/mol. The van der Waals surface area contributed by atoms with E-state index in [2.05, 4.69) is 11.9 Å². The molecule has 3 nitrogen and oxygen atoms in total. The number of carbonyl (C=O) groups is 1. The van der Waals surface area contributed by atoms with Crippen LogP contribution in [0.5, 0.6) is 0 Å². The fourth-order valence-electron chi connectivity index (χ4n) is 2.17. The average Bonchev–Trinajstić information content (AvgIpc) is 1.98. The van der Waals surface area contributed by atoms with Gasteiger partial charge in [0.25, 0.3) is 0 Å². The molecule has 0 saturated heterocycles. The Hall–Kier alpha value is -0.570. The summed E-state index contributed by atoms with van der Waals surface area (Å²) in [6.07, 6.45) is 5.78. The van der Waals surface area contributed by atoms with Crippen LogP contribution in [-0.2, 0) is 4.79 Å². The van der Waals surface area contributed by atoms with Crippen molar-refractivity contribution < 1.29 is 9.90 Å². The highest BCUT2D eigenvalue weighted by molar-refractivity contribution is 5.66. The Morgan fingerprint density at radius 1 is 1.53 bits per heavy atom. The molecule has 0 radical (unpaired) electrons. The van der Waals surface area contributed by atoms with Crippen LogP contribution in [0.15, 0.2) is 0 Å². The molecule has 1 atom stereocenters. The van der Waals surface area contributed by atoms with E-state index in [0.29, 0.717) is 0 Å². The van der Waals surface area contributed by atoms with Gasteiger partial charge >= 0.3 is 5.97 Å². The maximum atomic E-state index is 10.5. The zero-order valence-corrected chi connectivity index (χ0v) is 9.91. The molecule has 1 unspecified atom stereocenters. The molecule has 1 rings (SSSR count). The zero-order chi connectivity index (χ0) is 11.3. The van der Waals surface area contributed by atoms with Crippen molar-refractivity contribution in [2.75, 3.05) is 20.1 Å². The molecule has 0 aromatic rings. The molecule has 15 heavy (non-hydrogen) atoms. The van der Waals surface area contributed by atoms with Gasteiger partial charge in [0.15, 0.2) is 0 Å². The van der Waals surface area contributed by atoms with Gasteiger partial charge in [0, 0.05) is 13.0 Å². The van der Waals surface area contributed by atoms with E-state index in [4.69, 9.17) is 5.11 Å². The number of hydrogen-bond donors (Lipinski definition) is 1. The normalized spacial score (nSPS) is 18.9. The van der Waals surface area contributed by atoms with E-state index >= 15 is 0 Å². The molecule has 3 heteroatoms. The summed E-state index contributed by atoms with van der Waals surface area (Å²) in [4.78, 5) is 12.8. The highest BCUT2D eigenvalue weighted by Gasteiger charge is 2.18. The van der Waals surface area contributed by atoms with Crippen molar-refractivity contribution in [2.45, 2.75) is 39.0 Å². The topological polar surface area (TPSA) is 40.5 Å². The SMILES string of the molecule is CC(CC(=O)O)CN(C)CCC1CCC1. The second-order valence-electron chi connectivity index (χ2n) is 5.05. The Balaban J connectivity index is 2.05. The minimum absolute atomic E-state index is 0.258. The summed E-state index contributed by atoms with van der Waals surface area (Å²) in [5.41, 5.74) is 0. The van der Waals surface area contributed by atoms with Gasteiger partial charge in [-0.05, 0) is 31.8 Å². The lowest BCUT2D eigenvalue weighted by Gasteiger charge is -2.28. The minimum atomic E-state index is -0.685. The summed E-state index contributed by atoms with van der Waals surface area (Å²) in [7, 11) is 2.09. The highest BCUT2D eigenvalue weighted by Crippen LogP contribution is 2.29. The Kier molecular flexibility index (Phi) is 5.09. The monoisotopic (exact) mass is 213 g/mol. The Labute approximate surface area is 92.5 Å². The standard InChI is InChI=1S/C12H23NO2/c1-10(8-12(14)15)9-13(2)7-6-11-4-3-5-11/h10-11H,3-9H2,1-2H3,(H,14,15). The van der Waals surface area contributed by atoms with Crippen LogP contribution >= 0.6 is 0 Å². The van der Waals surface area contributed by atoms with Gasteiger partial charge in [-0.3, -0.25) is 4.79 Å². The fraction of sp³-hybridized carbons (Fsp3) is 0.917. The summed E-state index contributed by atoms with van der Waals surface area (Å²) in [5, 5.41) is 8.64. The van der Waals surface area contributed by atoms with Crippen molar-refractivity contribution in [3.8, 4) is 0 Å². The summed E-state index contributed by atoms with van der Waals surface area (Å²) in [6, 6.07) is 0. The first-order chi connectivity index (χ1) is 7.08. The van der Waals surface area contributed by atoms with Crippen molar-refractivity contribution in [3.05, 3.63) is 0 Å². The van der Waals surface area contributed by atoms with Crippen LogP contribution in [-0.4, -0.2) is 36.1 Å². The van der Waals surface area contributed by atoms with Gasteiger partial charge in [0.2, 0.25) is 0 Å². The number of nitrogens with zero attached hydrogens (tertiary/aromatic N) is 1. The minimum Gasteiger partial charge on any atom is -0.481 e. The van der Waals surface area contributed by atoms with E-state index in [9.17, 15) is 4.79 Å². The molecule has 1 aliphatic carbocycles. The third-order valence-electron chi connectivity index (χ3n) is 3.29. The van der Waals surface area contributed by atoms with Gasteiger partial charge in [-0.15, -0.1) is 0 Å². The molecular formula is C12H23NO2. The van der Waals surface area contributed by atoms with Crippen LogP contribution in [0.25, 0.3) is 0 Å². The average molecular weight is 213 g/mol. The van der Waals surface area contributed by atoms with E-state index in [1.807, 2.05) is 6.92 Å². The van der Waals surface area contributed by atoms with Crippen molar-refractivity contribution in [2.24, 2.45) is 11.8 Å². The summed E-state index contributed by atoms with van der Waals surface area (Å²) >= 11 is 0. The molecule has 0 aliphatic heterocycles. The largest absolute Gasteiger partial charge is 0.481 e. The molecule has 0 bridgehead atoms. The van der Waals surface area contributed by atoms with E-state index < -0.39 is 5.97 Å². The quantitative estimate of drug-likeness (QED) is 0.705. The van der Waals surface area contributed by atoms with E-state index in [1.54, 1.807) is 0 Å². The molecule has 1 fully saturated rings. The van der Waals surface area contributed by atoms with E-state index in [1.165, 1.54) is 25.7 Å². The molecule has 0 aromatic heterocycles. The lowest BCUT2D eigenvalue weighted by atomic mass is 9.83. The maximum absolute atomic E-state index is 10.5. The first-order valence-electron chi connectivity index (χ1n) is 5.98. The van der Waals surface area contributed by atoms with Crippen LogP contribution in [0.1, 0.15) is 39.0 Å². The molecular weight excluding hydrogens is 190 g/mol. The molecule has 0 spiro atoms. The van der Waals surface area contributed by atoms with Crippen LogP contribution in [0, 0.1) is 11.8 Å². The van der Waals surface area contributed by atoms with Gasteiger partial charge in [0.05, 0.1) is 0 Å². The van der Waals surface area contributed by atoms with Gasteiger partial charge in [-0.2, -0.15) is 0 Å². The first kappa shape index (κ1) is 12.5. The molecule has 0 heterocycles. The number of aliphatic carboxylic acids is 1. The number of rotatable bonds is 7. The summed E-state index contributed by atoms with van der Waals surface area (Å²) in [5.74, 6) is 0.519. The van der Waals surface area contributed by atoms with Crippen molar-refractivity contribution in [1.29, 1.82) is 0 Å². The Morgan fingerprint density at radius 2 is 2.20 bits per heavy atom. The maximum Gasteiger partial charge on any atom is 0.303 e. The second kappa shape index (κ2) is 6.11. The Bertz CT molecular complexity index is 202. The predicted octanol–water partition coefficient (Wildman–Crippen LogP) is 2.22. The molecule has 0 aromatic carbocycles. The van der Waals surface area contributed by atoms with Crippen molar-refractivity contribution in [3.63, 3.8) is 0 Å². The summed E-state index contributed by atoms with van der Waals surface area (Å²) < 4.78 is 0. The van der Waals surface area contributed by atoms with E-state index in [-0.39, 0.29) is 12.3 Å². The van der Waals surface area contributed by atoms with Gasteiger partial charge in [-0.25, -0.2) is 0 Å². The third kappa shape index (κ3) is 5.17. The number of hydrogen-bond acceptors (Lipinski definition) is 2. The van der Waals surface area contributed by atoms with Crippen LogP contribution in [0.3, 0.4) is 0 Å². The number of carboxylic acids is 1. The van der Waals surface area contributed by atoms with Crippen molar-refractivity contribution in [1.82, 2.24) is 4.90 Å². The fourth-order valence-corrected chi connectivity index (χ4v) is 2.17. The summed E-state index contributed by atoms with van der Waals surface area (Å²) in [6.45, 7) is 4.03. The highest BCUT2D eigenvalue weighted by atomic mass is 16.4.